The highest BCUT2D eigenvalue weighted by atomic mass is 32.2. The number of nitrogen functional groups attached to an aromatic ring is 1. The highest BCUT2D eigenvalue weighted by Gasteiger charge is 2.12. The standard InChI is InChI=1S/C9H10N6O2S/c1-14-9(11-5-12-14)18-8-3-6(13-10)2-7(4-8)15(16)17/h2-5,13H,10H2,1H3. The van der Waals surface area contributed by atoms with Crippen LogP contribution >= 0.6 is 11.8 Å². The first-order valence-corrected chi connectivity index (χ1v) is 5.70. The highest BCUT2D eigenvalue weighted by molar-refractivity contribution is 7.99. The number of hydrogen-bond donors (Lipinski definition) is 2. The fourth-order valence-electron chi connectivity index (χ4n) is 1.31. The predicted octanol–water partition coefficient (Wildman–Crippen LogP) is 1.16. The SMILES string of the molecule is Cn1ncnc1Sc1cc(NN)cc([N+](=O)[O-])c1. The van der Waals surface area contributed by atoms with E-state index in [1.807, 2.05) is 0 Å². The number of aryl methyl sites for hydroxylation is 1. The number of non-ortho nitro benzene ring substituents is 1. The summed E-state index contributed by atoms with van der Waals surface area (Å²) < 4.78 is 1.58. The molecule has 18 heavy (non-hydrogen) atoms. The van der Waals surface area contributed by atoms with E-state index in [-0.39, 0.29) is 5.69 Å². The van der Waals surface area contributed by atoms with Crippen molar-refractivity contribution in [3.8, 4) is 0 Å². The zero-order chi connectivity index (χ0) is 13.1. The first-order valence-electron chi connectivity index (χ1n) is 4.88. The number of hydrogen-bond acceptors (Lipinski definition) is 7. The molecule has 2 rings (SSSR count). The van der Waals surface area contributed by atoms with Gasteiger partial charge in [-0.05, 0) is 17.8 Å². The molecule has 0 saturated carbocycles. The van der Waals surface area contributed by atoms with Gasteiger partial charge in [-0.3, -0.25) is 16.0 Å². The van der Waals surface area contributed by atoms with Gasteiger partial charge in [0.1, 0.15) is 6.33 Å². The topological polar surface area (TPSA) is 112 Å². The van der Waals surface area contributed by atoms with Gasteiger partial charge in [0.2, 0.25) is 0 Å². The van der Waals surface area contributed by atoms with Gasteiger partial charge in [0.05, 0.1) is 10.6 Å². The predicted molar refractivity (Wildman–Crippen MR) is 66.0 cm³/mol. The molecule has 0 spiro atoms. The number of rotatable bonds is 4. The van der Waals surface area contributed by atoms with Crippen molar-refractivity contribution >= 4 is 23.1 Å². The van der Waals surface area contributed by atoms with E-state index in [2.05, 4.69) is 15.5 Å². The second-order valence-corrected chi connectivity index (χ2v) is 4.43. The first kappa shape index (κ1) is 12.3. The van der Waals surface area contributed by atoms with Gasteiger partial charge in [0, 0.05) is 24.1 Å². The monoisotopic (exact) mass is 266 g/mol. The molecule has 3 N–H and O–H groups in total. The molecule has 0 saturated heterocycles. The minimum absolute atomic E-state index is 0.0323. The van der Waals surface area contributed by atoms with E-state index in [4.69, 9.17) is 5.84 Å². The largest absolute Gasteiger partial charge is 0.324 e. The Labute approximate surface area is 106 Å². The highest BCUT2D eigenvalue weighted by Crippen LogP contribution is 2.31. The van der Waals surface area contributed by atoms with Crippen LogP contribution < -0.4 is 11.3 Å². The van der Waals surface area contributed by atoms with Crippen molar-refractivity contribution in [3.63, 3.8) is 0 Å². The van der Waals surface area contributed by atoms with Crippen molar-refractivity contribution in [2.75, 3.05) is 5.43 Å². The van der Waals surface area contributed by atoms with E-state index in [1.165, 1.54) is 30.2 Å². The molecule has 0 radical (unpaired) electrons. The summed E-state index contributed by atoms with van der Waals surface area (Å²) in [6.07, 6.45) is 1.42. The summed E-state index contributed by atoms with van der Waals surface area (Å²) in [5, 5.41) is 15.3. The molecular formula is C9H10N6O2S. The molecule has 0 amide bonds. The first-order chi connectivity index (χ1) is 8.60. The Kier molecular flexibility index (Phi) is 3.44. The third-order valence-electron chi connectivity index (χ3n) is 2.15. The fourth-order valence-corrected chi connectivity index (χ4v) is 2.17. The van der Waals surface area contributed by atoms with Crippen LogP contribution in [0.4, 0.5) is 11.4 Å². The molecule has 0 aliphatic carbocycles. The molecule has 1 aromatic heterocycles. The van der Waals surface area contributed by atoms with E-state index in [0.29, 0.717) is 15.7 Å². The molecule has 0 aliphatic rings. The second-order valence-electron chi connectivity index (χ2n) is 3.39. The van der Waals surface area contributed by atoms with Gasteiger partial charge < -0.3 is 5.43 Å². The van der Waals surface area contributed by atoms with E-state index in [0.717, 1.165) is 0 Å². The second kappa shape index (κ2) is 5.02. The number of nitrogens with one attached hydrogen (secondary N) is 1. The zero-order valence-electron chi connectivity index (χ0n) is 9.40. The number of nitro benzene ring substituents is 1. The molecule has 0 aliphatic heterocycles. The van der Waals surface area contributed by atoms with Crippen molar-refractivity contribution in [1.29, 1.82) is 0 Å². The Bertz CT molecular complexity index is 584. The number of nitrogens with zero attached hydrogens (tertiary/aromatic N) is 4. The summed E-state index contributed by atoms with van der Waals surface area (Å²) in [6, 6.07) is 4.52. The molecule has 1 aromatic carbocycles. The number of nitro groups is 1. The molecular weight excluding hydrogens is 256 g/mol. The molecule has 0 unspecified atom stereocenters. The molecule has 94 valence electrons. The Morgan fingerprint density at radius 1 is 1.50 bits per heavy atom. The van der Waals surface area contributed by atoms with E-state index in [9.17, 15) is 10.1 Å². The Balaban J connectivity index is 2.35. The van der Waals surface area contributed by atoms with Gasteiger partial charge in [-0.15, -0.1) is 0 Å². The van der Waals surface area contributed by atoms with Gasteiger partial charge in [0.15, 0.2) is 5.16 Å². The van der Waals surface area contributed by atoms with Gasteiger partial charge in [0.25, 0.3) is 5.69 Å². The van der Waals surface area contributed by atoms with E-state index in [1.54, 1.807) is 17.8 Å². The maximum atomic E-state index is 10.8. The van der Waals surface area contributed by atoms with Crippen LogP contribution in [0.15, 0.2) is 34.6 Å². The van der Waals surface area contributed by atoms with Crippen LogP contribution in [-0.4, -0.2) is 19.7 Å². The van der Waals surface area contributed by atoms with E-state index < -0.39 is 4.92 Å². The quantitative estimate of drug-likeness (QED) is 0.485. The molecule has 8 nitrogen and oxygen atoms in total. The maximum absolute atomic E-state index is 10.8. The van der Waals surface area contributed by atoms with Crippen molar-refractivity contribution in [2.24, 2.45) is 12.9 Å². The van der Waals surface area contributed by atoms with Crippen LogP contribution in [0.3, 0.4) is 0 Å². The van der Waals surface area contributed by atoms with Crippen LogP contribution in [0.5, 0.6) is 0 Å². The third kappa shape index (κ3) is 2.57. The summed E-state index contributed by atoms with van der Waals surface area (Å²) in [4.78, 5) is 15.0. The molecule has 9 heteroatoms. The van der Waals surface area contributed by atoms with Crippen molar-refractivity contribution in [1.82, 2.24) is 14.8 Å². The summed E-state index contributed by atoms with van der Waals surface area (Å²) in [5.74, 6) is 5.28. The number of anilines is 1. The number of aromatic nitrogens is 3. The van der Waals surface area contributed by atoms with E-state index >= 15 is 0 Å². The van der Waals surface area contributed by atoms with Gasteiger partial charge in [-0.2, -0.15) is 5.10 Å². The lowest BCUT2D eigenvalue weighted by atomic mass is 10.3. The van der Waals surface area contributed by atoms with Gasteiger partial charge >= 0.3 is 0 Å². The Hall–Kier alpha value is -2.13. The number of hydrazine groups is 1. The summed E-state index contributed by atoms with van der Waals surface area (Å²) >= 11 is 1.27. The van der Waals surface area contributed by atoms with Crippen molar-refractivity contribution < 1.29 is 4.92 Å². The smallest absolute Gasteiger partial charge is 0.272 e. The maximum Gasteiger partial charge on any atom is 0.272 e. The Morgan fingerprint density at radius 3 is 2.83 bits per heavy atom. The van der Waals surface area contributed by atoms with Gasteiger partial charge in [-0.1, -0.05) is 0 Å². The molecule has 2 aromatic rings. The Morgan fingerprint density at radius 2 is 2.28 bits per heavy atom. The molecule has 0 fully saturated rings. The van der Waals surface area contributed by atoms with Crippen LogP contribution in [0.25, 0.3) is 0 Å². The van der Waals surface area contributed by atoms with Crippen molar-refractivity contribution in [3.05, 3.63) is 34.6 Å². The van der Waals surface area contributed by atoms with Crippen LogP contribution in [0.1, 0.15) is 0 Å². The minimum atomic E-state index is -0.471. The summed E-state index contributed by atoms with van der Waals surface area (Å²) in [5.41, 5.74) is 2.83. The average molecular weight is 266 g/mol. The van der Waals surface area contributed by atoms with Crippen LogP contribution in [0.2, 0.25) is 0 Å². The van der Waals surface area contributed by atoms with Gasteiger partial charge in [-0.25, -0.2) is 9.67 Å². The normalized spacial score (nSPS) is 10.3. The average Bonchev–Trinajstić information content (AvgIpc) is 2.74. The molecule has 0 bridgehead atoms. The zero-order valence-corrected chi connectivity index (χ0v) is 10.2. The molecule has 0 atom stereocenters. The lowest BCUT2D eigenvalue weighted by Crippen LogP contribution is -2.07. The van der Waals surface area contributed by atoms with Crippen molar-refractivity contribution in [2.45, 2.75) is 10.1 Å². The fraction of sp³-hybridized carbons (Fsp3) is 0.111. The van der Waals surface area contributed by atoms with Crippen LogP contribution in [0, 0.1) is 10.1 Å². The summed E-state index contributed by atoms with van der Waals surface area (Å²) in [7, 11) is 1.74. The molecule has 1 heterocycles. The minimum Gasteiger partial charge on any atom is -0.324 e. The summed E-state index contributed by atoms with van der Waals surface area (Å²) in [6.45, 7) is 0. The van der Waals surface area contributed by atoms with Crippen LogP contribution in [-0.2, 0) is 7.05 Å². The third-order valence-corrected chi connectivity index (χ3v) is 3.17. The number of nitrogens with two attached hydrogens (primary N) is 1. The number of benzene rings is 1. The lowest BCUT2D eigenvalue weighted by molar-refractivity contribution is -0.385. The lowest BCUT2D eigenvalue weighted by Gasteiger charge is -2.04.